The molecule has 1 N–H and O–H groups in total. The summed E-state index contributed by atoms with van der Waals surface area (Å²) in [6.45, 7) is 0.768. The molecule has 0 bridgehead atoms. The average Bonchev–Trinajstić information content (AvgIpc) is 2.79. The van der Waals surface area contributed by atoms with E-state index in [4.69, 9.17) is 9.47 Å². The van der Waals surface area contributed by atoms with E-state index in [1.54, 1.807) is 0 Å². The highest BCUT2D eigenvalue weighted by Crippen LogP contribution is 2.21. The van der Waals surface area contributed by atoms with Crippen LogP contribution in [0, 0.1) is 0 Å². The summed E-state index contributed by atoms with van der Waals surface area (Å²) in [7, 11) is 1.46. The van der Waals surface area contributed by atoms with Crippen molar-refractivity contribution in [2.75, 3.05) is 13.7 Å². The predicted octanol–water partition coefficient (Wildman–Crippen LogP) is 2.02. The zero-order chi connectivity index (χ0) is 12.8. The van der Waals surface area contributed by atoms with Crippen LogP contribution in [-0.2, 0) is 14.3 Å². The molecule has 2 unspecified atom stereocenters. The molecule has 2 rings (SSSR count). The smallest absolute Gasteiger partial charge is 0.325 e. The summed E-state index contributed by atoms with van der Waals surface area (Å²) >= 11 is 0. The first kappa shape index (κ1) is 13.8. The van der Waals surface area contributed by atoms with Gasteiger partial charge in [-0.1, -0.05) is 25.7 Å². The maximum Gasteiger partial charge on any atom is 0.325 e. The highest BCUT2D eigenvalue weighted by Gasteiger charge is 2.34. The molecule has 1 aliphatic carbocycles. The van der Waals surface area contributed by atoms with Crippen LogP contribution in [0.15, 0.2) is 0 Å². The van der Waals surface area contributed by atoms with Crippen molar-refractivity contribution >= 4 is 5.97 Å². The first-order valence-corrected chi connectivity index (χ1v) is 7.26. The Labute approximate surface area is 109 Å². The second-order valence-corrected chi connectivity index (χ2v) is 5.41. The van der Waals surface area contributed by atoms with Crippen molar-refractivity contribution in [3.63, 3.8) is 0 Å². The van der Waals surface area contributed by atoms with E-state index in [1.165, 1.54) is 45.6 Å². The molecule has 0 aromatic rings. The molecule has 0 aromatic carbocycles. The molecular weight excluding hydrogens is 230 g/mol. The van der Waals surface area contributed by atoms with Gasteiger partial charge in [0.15, 0.2) is 0 Å². The van der Waals surface area contributed by atoms with Gasteiger partial charge in [0.25, 0.3) is 0 Å². The molecule has 104 valence electrons. The Morgan fingerprint density at radius 3 is 2.44 bits per heavy atom. The van der Waals surface area contributed by atoms with Gasteiger partial charge in [0.1, 0.15) is 6.04 Å². The molecule has 4 heteroatoms. The molecule has 1 aliphatic heterocycles. The SMILES string of the molecule is COC(=O)C(NC1CCCCCC1)C1CCCO1. The van der Waals surface area contributed by atoms with E-state index in [9.17, 15) is 4.79 Å². The van der Waals surface area contributed by atoms with E-state index in [2.05, 4.69) is 5.32 Å². The molecule has 1 heterocycles. The molecule has 1 saturated heterocycles. The Balaban J connectivity index is 1.92. The number of methoxy groups -OCH3 is 1. The maximum absolute atomic E-state index is 11.9. The number of ether oxygens (including phenoxy) is 2. The van der Waals surface area contributed by atoms with E-state index in [0.29, 0.717) is 6.04 Å². The van der Waals surface area contributed by atoms with Gasteiger partial charge in [0.05, 0.1) is 13.2 Å². The number of nitrogens with one attached hydrogen (secondary N) is 1. The molecule has 0 radical (unpaired) electrons. The standard InChI is InChI=1S/C14H25NO3/c1-17-14(16)13(12-9-6-10-18-12)15-11-7-4-2-3-5-8-11/h11-13,15H,2-10H2,1H3. The fourth-order valence-corrected chi connectivity index (χ4v) is 3.02. The molecule has 1 saturated carbocycles. The Morgan fingerprint density at radius 1 is 1.17 bits per heavy atom. The highest BCUT2D eigenvalue weighted by atomic mass is 16.5. The monoisotopic (exact) mass is 255 g/mol. The van der Waals surface area contributed by atoms with E-state index in [0.717, 1.165) is 19.4 Å². The van der Waals surface area contributed by atoms with Gasteiger partial charge >= 0.3 is 5.97 Å². The maximum atomic E-state index is 11.9. The first-order valence-electron chi connectivity index (χ1n) is 7.26. The fourth-order valence-electron chi connectivity index (χ4n) is 3.02. The van der Waals surface area contributed by atoms with Crippen LogP contribution < -0.4 is 5.32 Å². The summed E-state index contributed by atoms with van der Waals surface area (Å²) in [6.07, 6.45) is 9.50. The van der Waals surface area contributed by atoms with Gasteiger partial charge in [-0.05, 0) is 25.7 Å². The number of carbonyl (C=O) groups is 1. The largest absolute Gasteiger partial charge is 0.468 e. The molecule has 2 fully saturated rings. The Hall–Kier alpha value is -0.610. The van der Waals surface area contributed by atoms with E-state index >= 15 is 0 Å². The normalized spacial score (nSPS) is 27.7. The van der Waals surface area contributed by atoms with Crippen LogP contribution >= 0.6 is 0 Å². The second kappa shape index (κ2) is 7.10. The van der Waals surface area contributed by atoms with Gasteiger partial charge in [-0.3, -0.25) is 10.1 Å². The lowest BCUT2D eigenvalue weighted by molar-refractivity contribution is -0.146. The molecule has 2 aliphatic rings. The second-order valence-electron chi connectivity index (χ2n) is 5.41. The summed E-state index contributed by atoms with van der Waals surface area (Å²) in [6, 6.07) is 0.168. The van der Waals surface area contributed by atoms with Crippen molar-refractivity contribution < 1.29 is 14.3 Å². The lowest BCUT2D eigenvalue weighted by atomic mass is 10.0. The zero-order valence-corrected chi connectivity index (χ0v) is 11.3. The average molecular weight is 255 g/mol. The topological polar surface area (TPSA) is 47.6 Å². The first-order chi connectivity index (χ1) is 8.81. The summed E-state index contributed by atoms with van der Waals surface area (Å²) < 4.78 is 10.6. The van der Waals surface area contributed by atoms with Gasteiger partial charge in [-0.15, -0.1) is 0 Å². The Kier molecular flexibility index (Phi) is 5.45. The fraction of sp³-hybridized carbons (Fsp3) is 0.929. The Morgan fingerprint density at radius 2 is 1.89 bits per heavy atom. The number of rotatable bonds is 4. The van der Waals surface area contributed by atoms with Crippen LogP contribution in [0.3, 0.4) is 0 Å². The molecule has 2 atom stereocenters. The number of esters is 1. The third kappa shape index (κ3) is 3.69. The molecule has 0 amide bonds. The molecule has 0 spiro atoms. The van der Waals surface area contributed by atoms with E-state index in [1.807, 2.05) is 0 Å². The molecule has 4 nitrogen and oxygen atoms in total. The predicted molar refractivity (Wildman–Crippen MR) is 69.4 cm³/mol. The lowest BCUT2D eigenvalue weighted by Gasteiger charge is -2.26. The van der Waals surface area contributed by atoms with E-state index < -0.39 is 0 Å². The van der Waals surface area contributed by atoms with E-state index in [-0.39, 0.29) is 18.1 Å². The van der Waals surface area contributed by atoms with Gasteiger partial charge < -0.3 is 9.47 Å². The minimum atomic E-state index is -0.277. The van der Waals surface area contributed by atoms with Gasteiger partial charge in [0.2, 0.25) is 0 Å². The number of hydrogen-bond donors (Lipinski definition) is 1. The van der Waals surface area contributed by atoms with Crippen LogP contribution in [0.2, 0.25) is 0 Å². The van der Waals surface area contributed by atoms with Gasteiger partial charge in [-0.25, -0.2) is 0 Å². The summed E-state index contributed by atoms with van der Waals surface area (Å²) in [5.41, 5.74) is 0. The minimum Gasteiger partial charge on any atom is -0.468 e. The van der Waals surface area contributed by atoms with Crippen molar-refractivity contribution in [3.05, 3.63) is 0 Å². The summed E-state index contributed by atoms with van der Waals surface area (Å²) in [5, 5.41) is 3.49. The van der Waals surface area contributed by atoms with Crippen molar-refractivity contribution in [3.8, 4) is 0 Å². The summed E-state index contributed by atoms with van der Waals surface area (Å²) in [4.78, 5) is 11.9. The van der Waals surface area contributed by atoms with Crippen molar-refractivity contribution in [2.24, 2.45) is 0 Å². The quantitative estimate of drug-likeness (QED) is 0.617. The van der Waals surface area contributed by atoms with Crippen LogP contribution in [-0.4, -0.2) is 37.9 Å². The van der Waals surface area contributed by atoms with Crippen molar-refractivity contribution in [1.82, 2.24) is 5.32 Å². The number of hydrogen-bond acceptors (Lipinski definition) is 4. The molecule has 0 aromatic heterocycles. The zero-order valence-electron chi connectivity index (χ0n) is 11.3. The van der Waals surface area contributed by atoms with Gasteiger partial charge in [-0.2, -0.15) is 0 Å². The lowest BCUT2D eigenvalue weighted by Crippen LogP contribution is -2.50. The van der Waals surface area contributed by atoms with Crippen LogP contribution in [0.4, 0.5) is 0 Å². The Bertz CT molecular complexity index is 256. The molecular formula is C14H25NO3. The third-order valence-corrected chi connectivity index (χ3v) is 4.06. The van der Waals surface area contributed by atoms with Crippen LogP contribution in [0.1, 0.15) is 51.4 Å². The third-order valence-electron chi connectivity index (χ3n) is 4.06. The van der Waals surface area contributed by atoms with Crippen LogP contribution in [0.5, 0.6) is 0 Å². The van der Waals surface area contributed by atoms with Crippen molar-refractivity contribution in [2.45, 2.75) is 69.6 Å². The van der Waals surface area contributed by atoms with Gasteiger partial charge in [0, 0.05) is 12.6 Å². The van der Waals surface area contributed by atoms with Crippen molar-refractivity contribution in [1.29, 1.82) is 0 Å². The number of carbonyl (C=O) groups excluding carboxylic acids is 1. The van der Waals surface area contributed by atoms with Crippen LogP contribution in [0.25, 0.3) is 0 Å². The highest BCUT2D eigenvalue weighted by molar-refractivity contribution is 5.76. The molecule has 18 heavy (non-hydrogen) atoms. The minimum absolute atomic E-state index is 0.000651. The summed E-state index contributed by atoms with van der Waals surface area (Å²) in [5.74, 6) is -0.175.